The molecule has 38 heavy (non-hydrogen) atoms. The molecule has 0 radical (unpaired) electrons. The van der Waals surface area contributed by atoms with Gasteiger partial charge in [-0.15, -0.1) is 0 Å². The topological polar surface area (TPSA) is 61.8 Å². The number of carbonyl (C=O) groups is 2. The van der Waals surface area contributed by atoms with Crippen molar-refractivity contribution in [2.24, 2.45) is 17.8 Å². The summed E-state index contributed by atoms with van der Waals surface area (Å²) in [5.41, 5.74) is -1.62. The SMILES string of the molecule is C=C(C)C(=O)OC12CC3CC(CC(OCCOC(=O)C4C(F)(F)C(F)(F)C(F)(F)C(F)(F)C4(F)F)(C3)C1)C2. The van der Waals surface area contributed by atoms with Gasteiger partial charge in [0.2, 0.25) is 0 Å². The maximum Gasteiger partial charge on any atom is 0.384 e. The molecule has 216 valence electrons. The highest BCUT2D eigenvalue weighted by molar-refractivity contribution is 5.87. The smallest absolute Gasteiger partial charge is 0.384 e. The van der Waals surface area contributed by atoms with Gasteiger partial charge in [0.1, 0.15) is 12.2 Å². The molecule has 0 aromatic carbocycles. The molecule has 5 rings (SSSR count). The number of hydrogen-bond donors (Lipinski definition) is 0. The minimum absolute atomic E-state index is 0.0856. The molecule has 0 amide bonds. The van der Waals surface area contributed by atoms with Crippen molar-refractivity contribution < 1.29 is 67.7 Å². The van der Waals surface area contributed by atoms with Crippen molar-refractivity contribution in [2.45, 2.75) is 86.3 Å². The summed E-state index contributed by atoms with van der Waals surface area (Å²) in [6.45, 7) is 3.28. The van der Waals surface area contributed by atoms with Crippen LogP contribution in [0.15, 0.2) is 12.2 Å². The number of hydrogen-bond acceptors (Lipinski definition) is 5. The largest absolute Gasteiger partial charge is 0.463 e. The van der Waals surface area contributed by atoms with E-state index >= 15 is 0 Å². The van der Waals surface area contributed by atoms with Crippen molar-refractivity contribution in [3.05, 3.63) is 12.2 Å². The van der Waals surface area contributed by atoms with Gasteiger partial charge < -0.3 is 14.2 Å². The van der Waals surface area contributed by atoms with Crippen LogP contribution in [0.5, 0.6) is 0 Å². The van der Waals surface area contributed by atoms with E-state index in [4.69, 9.17) is 9.47 Å². The summed E-state index contributed by atoms with van der Waals surface area (Å²) < 4.78 is 153. The zero-order chi connectivity index (χ0) is 28.7. The Hall–Kier alpha value is -2.06. The molecule has 0 aromatic heterocycles. The molecule has 5 aliphatic carbocycles. The minimum atomic E-state index is -7.16. The molecule has 0 spiro atoms. The molecular formula is C23H24F10O5. The van der Waals surface area contributed by atoms with Crippen LogP contribution < -0.4 is 0 Å². The summed E-state index contributed by atoms with van der Waals surface area (Å²) in [5.74, 6) is -42.5. The lowest BCUT2D eigenvalue weighted by Crippen LogP contribution is -2.78. The van der Waals surface area contributed by atoms with Crippen LogP contribution in [0, 0.1) is 17.8 Å². The van der Waals surface area contributed by atoms with Crippen LogP contribution in [-0.2, 0) is 23.8 Å². The fourth-order valence-electron chi connectivity index (χ4n) is 6.65. The molecule has 0 N–H and O–H groups in total. The number of alkyl halides is 10. The Morgan fingerprint density at radius 2 is 1.24 bits per heavy atom. The number of esters is 2. The van der Waals surface area contributed by atoms with Crippen molar-refractivity contribution in [2.75, 3.05) is 13.2 Å². The van der Waals surface area contributed by atoms with Crippen molar-refractivity contribution in [1.82, 2.24) is 0 Å². The summed E-state index contributed by atoms with van der Waals surface area (Å²) in [5, 5.41) is 0. The molecule has 5 aliphatic rings. The zero-order valence-corrected chi connectivity index (χ0v) is 19.9. The summed E-state index contributed by atoms with van der Waals surface area (Å²) in [7, 11) is 0. The Kier molecular flexibility index (Phi) is 6.45. The van der Waals surface area contributed by atoms with E-state index in [0.717, 1.165) is 6.42 Å². The van der Waals surface area contributed by atoms with Gasteiger partial charge in [-0.3, -0.25) is 4.79 Å². The highest BCUT2D eigenvalue weighted by Gasteiger charge is 2.96. The second kappa shape index (κ2) is 8.47. The second-order valence-corrected chi connectivity index (χ2v) is 10.9. The summed E-state index contributed by atoms with van der Waals surface area (Å²) >= 11 is 0. The van der Waals surface area contributed by atoms with Crippen LogP contribution in [0.2, 0.25) is 0 Å². The monoisotopic (exact) mass is 570 g/mol. The molecule has 5 saturated carbocycles. The average Bonchev–Trinajstić information content (AvgIpc) is 2.74. The standard InChI is InChI=1S/C23H24F10O5/c1-11(2)15(34)38-18-8-12-5-13(9-18)7-17(6-12,10-18)37-4-3-36-16(35)14-19(24,25)21(28,29)23(32,33)22(30,31)20(14,26)27/h12-14H,1,3-10H2,2H3. The lowest BCUT2D eigenvalue weighted by molar-refractivity contribution is -0.458. The Morgan fingerprint density at radius 1 is 0.763 bits per heavy atom. The number of ether oxygens (including phenoxy) is 3. The Morgan fingerprint density at radius 3 is 1.71 bits per heavy atom. The molecule has 5 fully saturated rings. The summed E-state index contributed by atoms with van der Waals surface area (Å²) in [4.78, 5) is 24.1. The number of carbonyl (C=O) groups excluding carboxylic acids is 2. The summed E-state index contributed by atoms with van der Waals surface area (Å²) in [6.07, 6.45) is 3.12. The first-order chi connectivity index (χ1) is 17.1. The Balaban J connectivity index is 1.44. The van der Waals surface area contributed by atoms with Crippen LogP contribution >= 0.6 is 0 Å². The quantitative estimate of drug-likeness (QED) is 0.174. The normalized spacial score (nSPS) is 37.4. The third-order valence-corrected chi connectivity index (χ3v) is 7.93. The van der Waals surface area contributed by atoms with E-state index in [2.05, 4.69) is 11.3 Å². The third kappa shape index (κ3) is 3.92. The van der Waals surface area contributed by atoms with Crippen molar-refractivity contribution in [3.63, 3.8) is 0 Å². The molecular weight excluding hydrogens is 546 g/mol. The van der Waals surface area contributed by atoms with Crippen molar-refractivity contribution >= 4 is 11.9 Å². The van der Waals surface area contributed by atoms with Crippen LogP contribution in [0.1, 0.15) is 45.4 Å². The second-order valence-electron chi connectivity index (χ2n) is 10.9. The van der Waals surface area contributed by atoms with E-state index in [1.807, 2.05) is 0 Å². The van der Waals surface area contributed by atoms with E-state index in [9.17, 15) is 53.5 Å². The summed E-state index contributed by atoms with van der Waals surface area (Å²) in [6, 6.07) is 0. The van der Waals surface area contributed by atoms with Crippen LogP contribution in [0.3, 0.4) is 0 Å². The molecule has 0 heterocycles. The van der Waals surface area contributed by atoms with Gasteiger partial charge in [0.05, 0.1) is 12.2 Å². The maximum atomic E-state index is 14.0. The van der Waals surface area contributed by atoms with Gasteiger partial charge in [0.25, 0.3) is 0 Å². The average molecular weight is 570 g/mol. The van der Waals surface area contributed by atoms with Gasteiger partial charge >= 0.3 is 41.6 Å². The number of rotatable bonds is 7. The van der Waals surface area contributed by atoms with E-state index in [1.54, 1.807) is 0 Å². The van der Waals surface area contributed by atoms with E-state index in [1.165, 1.54) is 6.92 Å². The molecule has 0 saturated heterocycles. The third-order valence-electron chi connectivity index (χ3n) is 7.93. The first-order valence-corrected chi connectivity index (χ1v) is 11.7. The zero-order valence-electron chi connectivity index (χ0n) is 19.9. The predicted molar refractivity (Wildman–Crippen MR) is 106 cm³/mol. The fraction of sp³-hybridized carbons (Fsp3) is 0.826. The van der Waals surface area contributed by atoms with E-state index in [0.29, 0.717) is 25.7 Å². The van der Waals surface area contributed by atoms with Crippen molar-refractivity contribution in [3.8, 4) is 0 Å². The predicted octanol–water partition coefficient (Wildman–Crippen LogP) is 5.56. The van der Waals surface area contributed by atoms with E-state index in [-0.39, 0.29) is 23.8 Å². The highest BCUT2D eigenvalue weighted by atomic mass is 19.4. The van der Waals surface area contributed by atoms with Crippen LogP contribution in [0.4, 0.5) is 43.9 Å². The fourth-order valence-corrected chi connectivity index (χ4v) is 6.65. The maximum absolute atomic E-state index is 14.0. The molecule has 0 aromatic rings. The van der Waals surface area contributed by atoms with E-state index < -0.39 is 71.9 Å². The Bertz CT molecular complexity index is 982. The molecule has 2 unspecified atom stereocenters. The van der Waals surface area contributed by atoms with Gasteiger partial charge in [-0.25, -0.2) is 4.79 Å². The lowest BCUT2D eigenvalue weighted by Gasteiger charge is -2.60. The van der Waals surface area contributed by atoms with Crippen molar-refractivity contribution in [1.29, 1.82) is 0 Å². The van der Waals surface area contributed by atoms with Crippen LogP contribution in [-0.4, -0.2) is 66.0 Å². The van der Waals surface area contributed by atoms with Gasteiger partial charge in [-0.2, -0.15) is 43.9 Å². The molecule has 4 bridgehead atoms. The van der Waals surface area contributed by atoms with Gasteiger partial charge in [-0.05, 0) is 50.9 Å². The van der Waals surface area contributed by atoms with Gasteiger partial charge in [0, 0.05) is 12.0 Å². The molecule has 0 aliphatic heterocycles. The minimum Gasteiger partial charge on any atom is -0.463 e. The first kappa shape index (κ1) is 28.9. The lowest BCUT2D eigenvalue weighted by atomic mass is 9.52. The van der Waals surface area contributed by atoms with Crippen LogP contribution in [0.25, 0.3) is 0 Å². The van der Waals surface area contributed by atoms with Gasteiger partial charge in [0.15, 0.2) is 5.92 Å². The first-order valence-electron chi connectivity index (χ1n) is 11.7. The molecule has 15 heteroatoms. The number of halogens is 10. The molecule has 2 atom stereocenters. The van der Waals surface area contributed by atoms with Gasteiger partial charge in [-0.1, -0.05) is 6.58 Å². The Labute approximate surface area is 209 Å². The highest BCUT2D eigenvalue weighted by Crippen LogP contribution is 2.67. The molecule has 5 nitrogen and oxygen atoms in total.